The first-order valence-electron chi connectivity index (χ1n) is 13.7. The summed E-state index contributed by atoms with van der Waals surface area (Å²) in [7, 11) is -2.47. The first-order chi connectivity index (χ1) is 16.4. The highest BCUT2D eigenvalue weighted by Crippen LogP contribution is 2.45. The Morgan fingerprint density at radius 1 is 0.794 bits per heavy atom. The molecule has 6 heteroatoms. The van der Waals surface area contributed by atoms with Crippen LogP contribution in [-0.2, 0) is 18.5 Å². The largest absolute Gasteiger partial charge is 0.513 e. The Bertz CT molecular complexity index is 545. The molecule has 0 aromatic carbocycles. The number of carbonyl (C=O) groups is 1. The number of allylic oxidation sites excluding steroid dienone is 2. The predicted octanol–water partition coefficient (Wildman–Crippen LogP) is 9.12. The van der Waals surface area contributed by atoms with E-state index in [4.69, 9.17) is 18.5 Å². The SMILES string of the molecule is [CH2]C=CC=P(C)(OCCCOCCCCCCCCCCCCCCCC)OC(=O)OC(C)C. The smallest absolute Gasteiger partial charge is 0.431 e. The number of unbranched alkanes of at least 4 members (excludes halogenated alkanes) is 13. The minimum atomic E-state index is -2.47. The molecular weight excluding hydrogens is 447 g/mol. The van der Waals surface area contributed by atoms with Crippen molar-refractivity contribution < 1.29 is 23.3 Å². The van der Waals surface area contributed by atoms with Crippen molar-refractivity contribution in [2.24, 2.45) is 0 Å². The zero-order valence-electron chi connectivity index (χ0n) is 22.7. The minimum absolute atomic E-state index is 0.229. The summed E-state index contributed by atoms with van der Waals surface area (Å²) in [6, 6.07) is 0. The molecule has 1 radical (unpaired) electrons. The summed E-state index contributed by atoms with van der Waals surface area (Å²) in [4.78, 5) is 11.9. The lowest BCUT2D eigenvalue weighted by Crippen LogP contribution is -2.13. The second-order valence-electron chi connectivity index (χ2n) is 9.39. The van der Waals surface area contributed by atoms with Crippen molar-refractivity contribution in [3.63, 3.8) is 0 Å². The molecule has 0 N–H and O–H groups in total. The van der Waals surface area contributed by atoms with Crippen LogP contribution in [0.1, 0.15) is 117 Å². The molecule has 1 unspecified atom stereocenters. The summed E-state index contributed by atoms with van der Waals surface area (Å²) in [6.07, 6.45) is 22.3. The third kappa shape index (κ3) is 23.0. The fraction of sp³-hybridized carbons (Fsp3) is 0.821. The van der Waals surface area contributed by atoms with E-state index in [9.17, 15) is 4.79 Å². The molecule has 0 aromatic heterocycles. The van der Waals surface area contributed by atoms with E-state index in [1.165, 1.54) is 83.5 Å². The Morgan fingerprint density at radius 2 is 1.29 bits per heavy atom. The van der Waals surface area contributed by atoms with Crippen molar-refractivity contribution in [3.05, 3.63) is 19.1 Å². The van der Waals surface area contributed by atoms with E-state index in [2.05, 4.69) is 13.8 Å². The highest BCUT2D eigenvalue weighted by atomic mass is 31.2. The molecule has 0 saturated heterocycles. The quantitative estimate of drug-likeness (QED) is 0.0793. The van der Waals surface area contributed by atoms with Crippen LogP contribution in [0, 0.1) is 6.92 Å². The van der Waals surface area contributed by atoms with Crippen LogP contribution in [-0.4, -0.2) is 44.5 Å². The van der Waals surface area contributed by atoms with Gasteiger partial charge in [0.15, 0.2) is 7.34 Å². The van der Waals surface area contributed by atoms with Gasteiger partial charge < -0.3 is 18.5 Å². The second kappa shape index (κ2) is 23.9. The highest BCUT2D eigenvalue weighted by molar-refractivity contribution is 7.65. The van der Waals surface area contributed by atoms with Crippen LogP contribution in [0.5, 0.6) is 0 Å². The first-order valence-corrected chi connectivity index (χ1v) is 15.9. The van der Waals surface area contributed by atoms with E-state index in [1.54, 1.807) is 38.5 Å². The third-order valence-electron chi connectivity index (χ3n) is 5.50. The lowest BCUT2D eigenvalue weighted by atomic mass is 10.0. The van der Waals surface area contributed by atoms with Gasteiger partial charge in [-0.25, -0.2) is 4.79 Å². The predicted molar refractivity (Wildman–Crippen MR) is 148 cm³/mol. The first kappa shape index (κ1) is 33.2. The summed E-state index contributed by atoms with van der Waals surface area (Å²) in [5.74, 6) is 1.76. The summed E-state index contributed by atoms with van der Waals surface area (Å²) < 4.78 is 22.1. The maximum Gasteiger partial charge on any atom is 0.513 e. The standard InChI is InChI=1S/C28H54O5P/c1-6-8-10-11-12-13-14-15-16-17-18-19-20-21-23-30-24-22-25-31-34(5,26-9-7-2)33-28(29)32-27(3)4/h7,9,26-27H,2,6,8,10-25H2,1,3-5H3. The average molecular weight is 502 g/mol. The van der Waals surface area contributed by atoms with Crippen LogP contribution in [0.15, 0.2) is 12.2 Å². The normalized spacial score (nSPS) is 13.4. The van der Waals surface area contributed by atoms with Gasteiger partial charge in [0, 0.05) is 19.9 Å². The molecule has 0 aliphatic carbocycles. The maximum absolute atomic E-state index is 11.9. The Hall–Kier alpha value is -0.770. The van der Waals surface area contributed by atoms with Crippen LogP contribution >= 0.6 is 7.34 Å². The lowest BCUT2D eigenvalue weighted by molar-refractivity contribution is 0.0701. The molecule has 0 spiro atoms. The molecule has 0 fully saturated rings. The van der Waals surface area contributed by atoms with Crippen molar-refractivity contribution in [1.82, 2.24) is 0 Å². The summed E-state index contributed by atoms with van der Waals surface area (Å²) in [5.41, 5.74) is 0. The van der Waals surface area contributed by atoms with Crippen molar-refractivity contribution in [2.75, 3.05) is 26.5 Å². The fourth-order valence-corrected chi connectivity index (χ4v) is 5.05. The molecule has 0 bridgehead atoms. The molecule has 1 atom stereocenters. The van der Waals surface area contributed by atoms with Gasteiger partial charge in [-0.3, -0.25) is 0 Å². The molecule has 0 aliphatic rings. The summed E-state index contributed by atoms with van der Waals surface area (Å²) in [6.45, 7) is 13.2. The van der Waals surface area contributed by atoms with E-state index in [1.807, 2.05) is 0 Å². The van der Waals surface area contributed by atoms with E-state index in [0.29, 0.717) is 13.2 Å². The van der Waals surface area contributed by atoms with Crippen molar-refractivity contribution in [1.29, 1.82) is 0 Å². The summed E-state index contributed by atoms with van der Waals surface area (Å²) in [5, 5.41) is 0. The monoisotopic (exact) mass is 501 g/mol. The van der Waals surface area contributed by atoms with Gasteiger partial charge >= 0.3 is 6.16 Å². The van der Waals surface area contributed by atoms with Gasteiger partial charge in [0.1, 0.15) is 0 Å². The molecule has 0 aliphatic heterocycles. The summed E-state index contributed by atoms with van der Waals surface area (Å²) >= 11 is 0. The Kier molecular flexibility index (Phi) is 23.4. The molecule has 5 nitrogen and oxygen atoms in total. The molecule has 34 heavy (non-hydrogen) atoms. The third-order valence-corrected chi connectivity index (χ3v) is 7.42. The van der Waals surface area contributed by atoms with Gasteiger partial charge in [-0.15, -0.1) is 0 Å². The molecule has 0 rings (SSSR count). The minimum Gasteiger partial charge on any atom is -0.431 e. The van der Waals surface area contributed by atoms with E-state index in [0.717, 1.165) is 19.4 Å². The van der Waals surface area contributed by atoms with Crippen LogP contribution in [0.2, 0.25) is 0 Å². The van der Waals surface area contributed by atoms with E-state index >= 15 is 0 Å². The second-order valence-corrected chi connectivity index (χ2v) is 11.9. The molecule has 0 heterocycles. The Labute approximate surface area is 211 Å². The number of rotatable bonds is 23. The van der Waals surface area contributed by atoms with Gasteiger partial charge in [-0.2, -0.15) is 0 Å². The number of hydrogen-bond acceptors (Lipinski definition) is 5. The lowest BCUT2D eigenvalue weighted by Gasteiger charge is -2.21. The van der Waals surface area contributed by atoms with Crippen LogP contribution < -0.4 is 0 Å². The zero-order chi connectivity index (χ0) is 25.3. The van der Waals surface area contributed by atoms with Crippen LogP contribution in [0.4, 0.5) is 4.79 Å². The number of carbonyl (C=O) groups excluding carboxylic acids is 1. The maximum atomic E-state index is 11.9. The molecular formula is C28H54O5P. The number of ether oxygens (including phenoxy) is 2. The Balaban J connectivity index is 3.61. The van der Waals surface area contributed by atoms with Gasteiger partial charge in [-0.1, -0.05) is 103 Å². The van der Waals surface area contributed by atoms with Crippen LogP contribution in [0.25, 0.3) is 0 Å². The van der Waals surface area contributed by atoms with Gasteiger partial charge in [0.05, 0.1) is 12.7 Å². The zero-order valence-corrected chi connectivity index (χ0v) is 23.6. The van der Waals surface area contributed by atoms with E-state index < -0.39 is 13.5 Å². The molecule has 201 valence electrons. The van der Waals surface area contributed by atoms with E-state index in [-0.39, 0.29) is 6.10 Å². The topological polar surface area (TPSA) is 54.0 Å². The molecule has 0 amide bonds. The fourth-order valence-electron chi connectivity index (χ4n) is 3.59. The Morgan fingerprint density at radius 3 is 1.79 bits per heavy atom. The highest BCUT2D eigenvalue weighted by Gasteiger charge is 2.19. The van der Waals surface area contributed by atoms with Gasteiger partial charge in [0.2, 0.25) is 0 Å². The van der Waals surface area contributed by atoms with Crippen molar-refractivity contribution >= 4 is 19.3 Å². The average Bonchev–Trinajstić information content (AvgIpc) is 2.78. The molecule has 0 aromatic rings. The van der Waals surface area contributed by atoms with Crippen molar-refractivity contribution in [3.8, 4) is 0 Å². The number of hydrogen-bond donors (Lipinski definition) is 0. The molecule has 0 saturated carbocycles. The van der Waals surface area contributed by atoms with Crippen LogP contribution in [0.3, 0.4) is 0 Å². The van der Waals surface area contributed by atoms with Gasteiger partial charge in [-0.05, 0) is 39.4 Å². The van der Waals surface area contributed by atoms with Crippen molar-refractivity contribution in [2.45, 2.75) is 123 Å². The van der Waals surface area contributed by atoms with Gasteiger partial charge in [0.25, 0.3) is 0 Å².